The quantitative estimate of drug-likeness (QED) is 0.722. The molecule has 1 nitrogen and oxygen atoms in total. The van der Waals surface area contributed by atoms with Crippen molar-refractivity contribution < 1.29 is 4.74 Å². The highest BCUT2D eigenvalue weighted by atomic mass is 79.9. The van der Waals surface area contributed by atoms with Gasteiger partial charge in [-0.3, -0.25) is 0 Å². The molecule has 0 amide bonds. The molecule has 1 atom stereocenters. The summed E-state index contributed by atoms with van der Waals surface area (Å²) >= 11 is 7.00. The lowest BCUT2D eigenvalue weighted by Crippen LogP contribution is -2.14. The van der Waals surface area contributed by atoms with Crippen LogP contribution in [-0.2, 0) is 4.74 Å². The van der Waals surface area contributed by atoms with Gasteiger partial charge in [-0.15, -0.1) is 0 Å². The summed E-state index contributed by atoms with van der Waals surface area (Å²) < 4.78 is 5.55. The Hall–Kier alpha value is 0.920. The molecule has 1 fully saturated rings. The van der Waals surface area contributed by atoms with Gasteiger partial charge in [-0.1, -0.05) is 31.9 Å². The highest BCUT2D eigenvalue weighted by Crippen LogP contribution is 2.22. The van der Waals surface area contributed by atoms with Gasteiger partial charge in [0.15, 0.2) is 0 Å². The summed E-state index contributed by atoms with van der Waals surface area (Å²) in [4.78, 5) is 0. The minimum absolute atomic E-state index is 0.537. The minimum Gasteiger partial charge on any atom is -0.378 e. The van der Waals surface area contributed by atoms with Crippen molar-refractivity contribution in [2.24, 2.45) is 5.92 Å². The van der Waals surface area contributed by atoms with E-state index in [1.54, 1.807) is 0 Å². The summed E-state index contributed by atoms with van der Waals surface area (Å²) in [5.74, 6) is 0.734. The molecule has 0 saturated carbocycles. The number of hydrogen-bond donors (Lipinski definition) is 0. The molecular formula is C8H14Br2O. The molecule has 1 aliphatic heterocycles. The van der Waals surface area contributed by atoms with Gasteiger partial charge in [0.2, 0.25) is 0 Å². The predicted octanol–water partition coefficient (Wildman–Crippen LogP) is 2.96. The molecule has 3 heteroatoms. The number of rotatable bonds is 4. The molecule has 0 bridgehead atoms. The van der Waals surface area contributed by atoms with E-state index in [0.29, 0.717) is 6.10 Å². The SMILES string of the molecule is BrCC(CBr)CC1CCCO1. The van der Waals surface area contributed by atoms with Crippen molar-refractivity contribution in [3.63, 3.8) is 0 Å². The van der Waals surface area contributed by atoms with Crippen LogP contribution in [-0.4, -0.2) is 23.4 Å². The van der Waals surface area contributed by atoms with Crippen molar-refractivity contribution in [2.45, 2.75) is 25.4 Å². The molecule has 1 aliphatic rings. The predicted molar refractivity (Wildman–Crippen MR) is 54.7 cm³/mol. The zero-order valence-electron chi connectivity index (χ0n) is 6.56. The third-order valence-corrected chi connectivity index (χ3v) is 3.89. The highest BCUT2D eigenvalue weighted by molar-refractivity contribution is 9.09. The molecule has 0 N–H and O–H groups in total. The lowest BCUT2D eigenvalue weighted by Gasteiger charge is -2.15. The second-order valence-electron chi connectivity index (χ2n) is 3.05. The van der Waals surface area contributed by atoms with Crippen LogP contribution in [0.5, 0.6) is 0 Å². The van der Waals surface area contributed by atoms with Gasteiger partial charge in [0.1, 0.15) is 0 Å². The molecule has 0 aromatic carbocycles. The van der Waals surface area contributed by atoms with E-state index in [-0.39, 0.29) is 0 Å². The van der Waals surface area contributed by atoms with Crippen LogP contribution in [0.2, 0.25) is 0 Å². The van der Waals surface area contributed by atoms with Gasteiger partial charge in [0, 0.05) is 17.3 Å². The van der Waals surface area contributed by atoms with Gasteiger partial charge in [-0.2, -0.15) is 0 Å². The summed E-state index contributed by atoms with van der Waals surface area (Å²) in [6.45, 7) is 0.974. The molecule has 0 aromatic rings. The monoisotopic (exact) mass is 284 g/mol. The van der Waals surface area contributed by atoms with Crippen molar-refractivity contribution in [3.05, 3.63) is 0 Å². The van der Waals surface area contributed by atoms with Crippen LogP contribution >= 0.6 is 31.9 Å². The van der Waals surface area contributed by atoms with Crippen LogP contribution in [0.1, 0.15) is 19.3 Å². The maximum Gasteiger partial charge on any atom is 0.0579 e. The molecule has 0 aliphatic carbocycles. The average molecular weight is 286 g/mol. The van der Waals surface area contributed by atoms with Gasteiger partial charge in [-0.25, -0.2) is 0 Å². The molecule has 1 heterocycles. The number of halogens is 2. The summed E-state index contributed by atoms with van der Waals surface area (Å²) in [5, 5.41) is 2.16. The van der Waals surface area contributed by atoms with E-state index in [9.17, 15) is 0 Å². The number of alkyl halides is 2. The topological polar surface area (TPSA) is 9.23 Å². The molecular weight excluding hydrogens is 272 g/mol. The van der Waals surface area contributed by atoms with Gasteiger partial charge in [-0.05, 0) is 25.2 Å². The van der Waals surface area contributed by atoms with Gasteiger partial charge in [0.05, 0.1) is 6.10 Å². The van der Waals surface area contributed by atoms with Crippen LogP contribution in [0, 0.1) is 5.92 Å². The summed E-state index contributed by atoms with van der Waals surface area (Å²) in [6.07, 6.45) is 4.25. The Kier molecular flexibility index (Phi) is 5.04. The van der Waals surface area contributed by atoms with Gasteiger partial charge in [0.25, 0.3) is 0 Å². The van der Waals surface area contributed by atoms with E-state index in [2.05, 4.69) is 31.9 Å². The van der Waals surface area contributed by atoms with Gasteiger partial charge < -0.3 is 4.74 Å². The fourth-order valence-electron chi connectivity index (χ4n) is 1.37. The summed E-state index contributed by atoms with van der Waals surface area (Å²) in [6, 6.07) is 0. The molecule has 0 spiro atoms. The van der Waals surface area contributed by atoms with Crippen LogP contribution < -0.4 is 0 Å². The summed E-state index contributed by atoms with van der Waals surface area (Å²) in [7, 11) is 0. The lowest BCUT2D eigenvalue weighted by molar-refractivity contribution is 0.0951. The zero-order chi connectivity index (χ0) is 8.10. The molecule has 0 aromatic heterocycles. The Morgan fingerprint density at radius 1 is 1.36 bits per heavy atom. The molecule has 11 heavy (non-hydrogen) atoms. The first kappa shape index (κ1) is 10.0. The van der Waals surface area contributed by atoms with E-state index >= 15 is 0 Å². The smallest absolute Gasteiger partial charge is 0.0579 e. The second kappa shape index (κ2) is 5.55. The average Bonchev–Trinajstić information content (AvgIpc) is 2.52. The molecule has 66 valence electrons. The van der Waals surface area contributed by atoms with E-state index < -0.39 is 0 Å². The molecule has 1 unspecified atom stereocenters. The van der Waals surface area contributed by atoms with Crippen LogP contribution in [0.3, 0.4) is 0 Å². The van der Waals surface area contributed by atoms with Crippen LogP contribution in [0.15, 0.2) is 0 Å². The molecule has 1 saturated heterocycles. The fraction of sp³-hybridized carbons (Fsp3) is 1.00. The Labute approximate surface area is 85.1 Å². The Balaban J connectivity index is 2.16. The third-order valence-electron chi connectivity index (χ3n) is 2.06. The van der Waals surface area contributed by atoms with Crippen molar-refractivity contribution >= 4 is 31.9 Å². The summed E-state index contributed by atoms with van der Waals surface area (Å²) in [5.41, 5.74) is 0. The first-order chi connectivity index (χ1) is 5.36. The fourth-order valence-corrected chi connectivity index (χ4v) is 2.97. The largest absolute Gasteiger partial charge is 0.378 e. The Morgan fingerprint density at radius 3 is 2.55 bits per heavy atom. The normalized spacial score (nSPS) is 24.8. The number of hydrogen-bond acceptors (Lipinski definition) is 1. The maximum absolute atomic E-state index is 5.55. The third kappa shape index (κ3) is 3.43. The minimum atomic E-state index is 0.537. The standard InChI is InChI=1S/C8H14Br2O/c9-5-7(6-10)4-8-2-1-3-11-8/h7-8H,1-6H2. The van der Waals surface area contributed by atoms with Gasteiger partial charge >= 0.3 is 0 Å². The maximum atomic E-state index is 5.55. The van der Waals surface area contributed by atoms with Crippen LogP contribution in [0.25, 0.3) is 0 Å². The Morgan fingerprint density at radius 2 is 2.09 bits per heavy atom. The first-order valence-electron chi connectivity index (χ1n) is 4.10. The zero-order valence-corrected chi connectivity index (χ0v) is 9.73. The van der Waals surface area contributed by atoms with Crippen molar-refractivity contribution in [1.82, 2.24) is 0 Å². The molecule has 0 radical (unpaired) electrons. The van der Waals surface area contributed by atoms with E-state index in [4.69, 9.17) is 4.74 Å². The van der Waals surface area contributed by atoms with Crippen molar-refractivity contribution in [3.8, 4) is 0 Å². The van der Waals surface area contributed by atoms with E-state index in [1.807, 2.05) is 0 Å². The van der Waals surface area contributed by atoms with E-state index in [1.165, 1.54) is 19.3 Å². The highest BCUT2D eigenvalue weighted by Gasteiger charge is 2.19. The lowest BCUT2D eigenvalue weighted by atomic mass is 10.0. The van der Waals surface area contributed by atoms with E-state index in [0.717, 1.165) is 23.2 Å². The van der Waals surface area contributed by atoms with Crippen molar-refractivity contribution in [2.75, 3.05) is 17.3 Å². The molecule has 1 rings (SSSR count). The van der Waals surface area contributed by atoms with Crippen LogP contribution in [0.4, 0.5) is 0 Å². The first-order valence-corrected chi connectivity index (χ1v) is 6.34. The second-order valence-corrected chi connectivity index (χ2v) is 4.34. The Bertz CT molecular complexity index is 98.3. The van der Waals surface area contributed by atoms with Crippen molar-refractivity contribution in [1.29, 1.82) is 0 Å². The number of ether oxygens (including phenoxy) is 1.